The van der Waals surface area contributed by atoms with Crippen LogP contribution in [-0.4, -0.2) is 35.1 Å². The van der Waals surface area contributed by atoms with Gasteiger partial charge in [-0.05, 0) is 63.4 Å². The van der Waals surface area contributed by atoms with Crippen molar-refractivity contribution in [3.63, 3.8) is 0 Å². The normalized spacial score (nSPS) is 10.8. The summed E-state index contributed by atoms with van der Waals surface area (Å²) in [6.45, 7) is 6.36. The molecule has 2 amide bonds. The van der Waals surface area contributed by atoms with Crippen molar-refractivity contribution in [1.82, 2.24) is 15.6 Å². The lowest BCUT2D eigenvalue weighted by atomic mass is 10.1. The molecule has 0 aliphatic carbocycles. The highest BCUT2D eigenvalue weighted by Gasteiger charge is 2.15. The van der Waals surface area contributed by atoms with Crippen molar-refractivity contribution in [3.8, 4) is 5.75 Å². The molecule has 0 aliphatic rings. The Kier molecular flexibility index (Phi) is 9.66. The Bertz CT molecular complexity index is 877. The average Bonchev–Trinajstić information content (AvgIpc) is 2.74. The number of ether oxygens (including phenoxy) is 2. The molecule has 8 heteroatoms. The minimum atomic E-state index is -0.508. The van der Waals surface area contributed by atoms with Crippen LogP contribution in [0.2, 0.25) is 0 Å². The minimum Gasteiger partial charge on any atom is -0.444 e. The lowest BCUT2D eigenvalue weighted by Gasteiger charge is -2.19. The van der Waals surface area contributed by atoms with Crippen LogP contribution in [0.1, 0.15) is 62.4 Å². The van der Waals surface area contributed by atoms with Crippen LogP contribution in [0.25, 0.3) is 0 Å². The van der Waals surface area contributed by atoms with Crippen molar-refractivity contribution in [2.45, 2.75) is 58.6 Å². The summed E-state index contributed by atoms with van der Waals surface area (Å²) >= 11 is 0. The van der Waals surface area contributed by atoms with Crippen LogP contribution in [0.4, 0.5) is 4.79 Å². The van der Waals surface area contributed by atoms with E-state index in [0.717, 1.165) is 24.8 Å². The van der Waals surface area contributed by atoms with Crippen LogP contribution in [0.15, 0.2) is 48.8 Å². The van der Waals surface area contributed by atoms with Gasteiger partial charge >= 0.3 is 12.1 Å². The second kappa shape index (κ2) is 12.4. The van der Waals surface area contributed by atoms with E-state index < -0.39 is 17.7 Å². The van der Waals surface area contributed by atoms with E-state index in [1.807, 2.05) is 20.8 Å². The van der Waals surface area contributed by atoms with Crippen LogP contribution < -0.4 is 15.4 Å². The largest absolute Gasteiger partial charge is 0.444 e. The number of unbranched alkanes of at least 4 members (excludes halogenated alkanes) is 2. The van der Waals surface area contributed by atoms with Gasteiger partial charge < -0.3 is 20.1 Å². The lowest BCUT2D eigenvalue weighted by molar-refractivity contribution is -0.121. The first-order chi connectivity index (χ1) is 15.2. The van der Waals surface area contributed by atoms with E-state index in [2.05, 4.69) is 15.6 Å². The Hall–Kier alpha value is -3.42. The van der Waals surface area contributed by atoms with Gasteiger partial charge in [-0.25, -0.2) is 9.59 Å². The Morgan fingerprint density at radius 3 is 2.38 bits per heavy atom. The topological polar surface area (TPSA) is 107 Å². The van der Waals surface area contributed by atoms with E-state index in [0.29, 0.717) is 30.8 Å². The molecule has 0 unspecified atom stereocenters. The number of hydrogen-bond donors (Lipinski definition) is 2. The summed E-state index contributed by atoms with van der Waals surface area (Å²) in [5.74, 6) is -0.116. The van der Waals surface area contributed by atoms with E-state index in [-0.39, 0.29) is 5.91 Å². The van der Waals surface area contributed by atoms with Gasteiger partial charge in [-0.3, -0.25) is 9.78 Å². The Morgan fingerprint density at radius 2 is 1.72 bits per heavy atom. The Balaban J connectivity index is 1.60. The van der Waals surface area contributed by atoms with Crippen molar-refractivity contribution in [2.24, 2.45) is 0 Å². The molecule has 1 aromatic heterocycles. The van der Waals surface area contributed by atoms with Gasteiger partial charge in [0.1, 0.15) is 11.4 Å². The quantitative estimate of drug-likeness (QED) is 0.426. The number of carbonyl (C=O) groups is 3. The number of benzene rings is 1. The van der Waals surface area contributed by atoms with Gasteiger partial charge in [0.05, 0.1) is 11.8 Å². The van der Waals surface area contributed by atoms with Gasteiger partial charge in [-0.1, -0.05) is 18.6 Å². The molecular weight excluding hydrogens is 410 g/mol. The van der Waals surface area contributed by atoms with Crippen molar-refractivity contribution in [1.29, 1.82) is 0 Å². The van der Waals surface area contributed by atoms with Crippen molar-refractivity contribution in [3.05, 3.63) is 59.9 Å². The molecule has 0 bridgehead atoms. The van der Waals surface area contributed by atoms with E-state index in [9.17, 15) is 14.4 Å². The Morgan fingerprint density at radius 1 is 0.969 bits per heavy atom. The third-order valence-electron chi connectivity index (χ3n) is 4.27. The lowest BCUT2D eigenvalue weighted by Crippen LogP contribution is -2.33. The monoisotopic (exact) mass is 441 g/mol. The molecule has 172 valence electrons. The molecule has 0 fully saturated rings. The molecule has 32 heavy (non-hydrogen) atoms. The first kappa shape index (κ1) is 24.8. The highest BCUT2D eigenvalue weighted by atomic mass is 16.6. The maximum atomic E-state index is 12.1. The number of nitrogens with one attached hydrogen (secondary N) is 2. The van der Waals surface area contributed by atoms with E-state index in [1.165, 1.54) is 6.20 Å². The first-order valence-electron chi connectivity index (χ1n) is 10.7. The fraction of sp³-hybridized carbons (Fsp3) is 0.417. The summed E-state index contributed by atoms with van der Waals surface area (Å²) in [6, 6.07) is 10.2. The van der Waals surface area contributed by atoms with Crippen molar-refractivity contribution < 1.29 is 23.9 Å². The van der Waals surface area contributed by atoms with Crippen molar-refractivity contribution in [2.75, 3.05) is 6.54 Å². The van der Waals surface area contributed by atoms with E-state index in [1.54, 1.807) is 42.6 Å². The highest BCUT2D eigenvalue weighted by molar-refractivity contribution is 5.91. The van der Waals surface area contributed by atoms with Gasteiger partial charge in [-0.2, -0.15) is 0 Å². The van der Waals surface area contributed by atoms with E-state index >= 15 is 0 Å². The molecule has 0 radical (unpaired) electrons. The second-order valence-corrected chi connectivity index (χ2v) is 8.29. The molecule has 0 spiro atoms. The molecule has 0 saturated heterocycles. The van der Waals surface area contributed by atoms with E-state index in [4.69, 9.17) is 9.47 Å². The maximum Gasteiger partial charge on any atom is 0.407 e. The minimum absolute atomic E-state index is 0.0369. The zero-order chi connectivity index (χ0) is 23.4. The molecule has 2 N–H and O–H groups in total. The number of alkyl carbamates (subject to hydrolysis) is 1. The molecule has 1 heterocycles. The van der Waals surface area contributed by atoms with Gasteiger partial charge in [0, 0.05) is 25.7 Å². The summed E-state index contributed by atoms with van der Waals surface area (Å²) in [6.07, 6.45) is 5.42. The predicted octanol–water partition coefficient (Wildman–Crippen LogP) is 4.00. The number of amides is 2. The second-order valence-electron chi connectivity index (χ2n) is 8.29. The van der Waals surface area contributed by atoms with Crippen LogP contribution in [-0.2, 0) is 16.1 Å². The number of pyridine rings is 1. The van der Waals surface area contributed by atoms with Crippen molar-refractivity contribution >= 4 is 18.0 Å². The molecule has 1 aromatic carbocycles. The molecule has 0 saturated carbocycles. The van der Waals surface area contributed by atoms with Crippen LogP contribution in [0.5, 0.6) is 5.75 Å². The number of nitrogens with zero attached hydrogens (tertiary/aromatic N) is 1. The summed E-state index contributed by atoms with van der Waals surface area (Å²) in [5.41, 5.74) is 0.799. The van der Waals surface area contributed by atoms with Crippen LogP contribution in [0.3, 0.4) is 0 Å². The summed E-state index contributed by atoms with van der Waals surface area (Å²) in [5, 5.41) is 5.57. The molecule has 0 aliphatic heterocycles. The van der Waals surface area contributed by atoms with Gasteiger partial charge in [0.15, 0.2) is 0 Å². The van der Waals surface area contributed by atoms with Gasteiger partial charge in [0.2, 0.25) is 5.91 Å². The Labute approximate surface area is 188 Å². The van der Waals surface area contributed by atoms with Crippen LogP contribution in [0, 0.1) is 0 Å². The molecule has 2 rings (SSSR count). The highest BCUT2D eigenvalue weighted by Crippen LogP contribution is 2.12. The molecular formula is C24H31N3O5. The summed E-state index contributed by atoms with van der Waals surface area (Å²) in [7, 11) is 0. The standard InChI is InChI=1S/C24H31N3O5/c1-24(2,3)32-23(30)26-15-6-4-5-9-21(28)27-16-18-10-12-19(13-11-18)22(29)31-20-8-7-14-25-17-20/h7-8,10-14,17H,4-6,9,15-16H2,1-3H3,(H,26,30)(H,27,28). The third kappa shape index (κ3) is 10.1. The number of carbonyl (C=O) groups excluding carboxylic acids is 3. The first-order valence-corrected chi connectivity index (χ1v) is 10.7. The number of aromatic nitrogens is 1. The number of rotatable bonds is 10. The predicted molar refractivity (Wildman–Crippen MR) is 120 cm³/mol. The fourth-order valence-electron chi connectivity index (χ4n) is 2.71. The molecule has 2 aromatic rings. The molecule has 0 atom stereocenters. The summed E-state index contributed by atoms with van der Waals surface area (Å²) < 4.78 is 10.4. The zero-order valence-corrected chi connectivity index (χ0v) is 18.8. The van der Waals surface area contributed by atoms with Gasteiger partial charge in [0.25, 0.3) is 0 Å². The molecule has 8 nitrogen and oxygen atoms in total. The summed E-state index contributed by atoms with van der Waals surface area (Å²) in [4.78, 5) is 39.6. The van der Waals surface area contributed by atoms with Gasteiger partial charge in [-0.15, -0.1) is 0 Å². The van der Waals surface area contributed by atoms with Crippen LogP contribution >= 0.6 is 0 Å². The number of hydrogen-bond acceptors (Lipinski definition) is 6. The average molecular weight is 442 g/mol. The third-order valence-corrected chi connectivity index (χ3v) is 4.27. The fourth-order valence-corrected chi connectivity index (χ4v) is 2.71. The zero-order valence-electron chi connectivity index (χ0n) is 18.8. The maximum absolute atomic E-state index is 12.1. The SMILES string of the molecule is CC(C)(C)OC(=O)NCCCCCC(=O)NCc1ccc(C(=O)Oc2cccnc2)cc1. The smallest absolute Gasteiger partial charge is 0.407 e. The number of esters is 1.